The maximum Gasteiger partial charge on any atom is 0.334 e. The summed E-state index contributed by atoms with van der Waals surface area (Å²) in [6, 6.07) is 0. The Morgan fingerprint density at radius 3 is 1.82 bits per heavy atom. The van der Waals surface area contributed by atoms with Gasteiger partial charge in [-0.3, -0.25) is 4.79 Å². The van der Waals surface area contributed by atoms with Gasteiger partial charge in [-0.2, -0.15) is 0 Å². The molecule has 3 rings (SSSR count). The Labute approximate surface area is 267 Å². The van der Waals surface area contributed by atoms with E-state index in [0.29, 0.717) is 31.3 Å². The molecule has 2 N–H and O–H groups in total. The van der Waals surface area contributed by atoms with Crippen LogP contribution in [0, 0.1) is 0 Å². The smallest absolute Gasteiger partial charge is 0.334 e. The van der Waals surface area contributed by atoms with E-state index in [9.17, 15) is 19.8 Å². The second-order valence-electron chi connectivity index (χ2n) is 13.9. The summed E-state index contributed by atoms with van der Waals surface area (Å²) in [6.07, 6.45) is 25.1. The van der Waals surface area contributed by atoms with Crippen molar-refractivity contribution in [2.24, 2.45) is 0 Å². The number of carbonyl (C=O) groups excluding carboxylic acids is 2. The molecule has 2 fully saturated rings. The van der Waals surface area contributed by atoms with Gasteiger partial charge in [0.25, 0.3) is 0 Å². The Morgan fingerprint density at radius 2 is 1.27 bits per heavy atom. The molecule has 7 atom stereocenters. The number of ketones is 1. The molecule has 3 aliphatic rings. The highest BCUT2D eigenvalue weighted by Gasteiger charge is 2.34. The molecular weight excluding hydrogens is 556 g/mol. The summed E-state index contributed by atoms with van der Waals surface area (Å²) >= 11 is 0. The van der Waals surface area contributed by atoms with Gasteiger partial charge in [-0.15, -0.1) is 0 Å². The lowest BCUT2D eigenvalue weighted by atomic mass is 9.99. The first-order chi connectivity index (χ1) is 21.4. The Hall–Kier alpha value is -1.28. The number of aliphatic hydroxyl groups excluding tert-OH is 2. The average molecular weight is 621 g/mol. The first-order valence-corrected chi connectivity index (χ1v) is 18.5. The van der Waals surface area contributed by atoms with Crippen LogP contribution in [0.5, 0.6) is 0 Å². The molecular formula is C37H64O7. The molecule has 3 aliphatic heterocycles. The molecule has 0 bridgehead atoms. The van der Waals surface area contributed by atoms with E-state index in [-0.39, 0.29) is 42.3 Å². The number of carbonyl (C=O) groups is 2. The number of cyclic esters (lactones) is 1. The van der Waals surface area contributed by atoms with Gasteiger partial charge in [-0.25, -0.2) is 4.79 Å². The predicted molar refractivity (Wildman–Crippen MR) is 174 cm³/mol. The average Bonchev–Trinajstić information content (AvgIpc) is 3.74. The molecule has 3 heterocycles. The lowest BCUT2D eigenvalue weighted by molar-refractivity contribution is -0.139. The number of Topliss-reactive ketones (excluding diaryl/α,β-unsaturated/α-hetero) is 1. The first kappa shape index (κ1) is 37.2. The number of esters is 1. The zero-order valence-electron chi connectivity index (χ0n) is 28.0. The Kier molecular flexibility index (Phi) is 18.2. The summed E-state index contributed by atoms with van der Waals surface area (Å²) < 4.78 is 17.3. The van der Waals surface area contributed by atoms with Crippen LogP contribution >= 0.6 is 0 Å². The van der Waals surface area contributed by atoms with Gasteiger partial charge in [0.15, 0.2) is 0 Å². The molecule has 0 radical (unpaired) electrons. The Balaban J connectivity index is 1.13. The van der Waals surface area contributed by atoms with Gasteiger partial charge in [0.1, 0.15) is 11.9 Å². The number of hydrogen-bond acceptors (Lipinski definition) is 7. The van der Waals surface area contributed by atoms with E-state index in [1.165, 1.54) is 70.6 Å². The third-order valence-corrected chi connectivity index (χ3v) is 9.84. The van der Waals surface area contributed by atoms with Crippen molar-refractivity contribution in [1.29, 1.82) is 0 Å². The molecule has 44 heavy (non-hydrogen) atoms. The summed E-state index contributed by atoms with van der Waals surface area (Å²) in [7, 11) is 0. The maximum absolute atomic E-state index is 12.5. The van der Waals surface area contributed by atoms with Gasteiger partial charge in [0.05, 0.1) is 36.6 Å². The quantitative estimate of drug-likeness (QED) is 0.0786. The van der Waals surface area contributed by atoms with Gasteiger partial charge >= 0.3 is 5.97 Å². The van der Waals surface area contributed by atoms with Gasteiger partial charge in [-0.05, 0) is 57.9 Å². The van der Waals surface area contributed by atoms with E-state index >= 15 is 0 Å². The van der Waals surface area contributed by atoms with E-state index in [2.05, 4.69) is 6.92 Å². The molecule has 7 heteroatoms. The SMILES string of the molecule is CCCCCCCCCCCCCC[C@@H](O)[C@H]1CC[C@H]([C@H](O)CCCCCC(=O)C[C@H]2CC[C@H](CC3=C[C@H](C)OC3=O)O2)O1. The van der Waals surface area contributed by atoms with Gasteiger partial charge < -0.3 is 24.4 Å². The van der Waals surface area contributed by atoms with Crippen molar-refractivity contribution in [2.75, 3.05) is 0 Å². The molecule has 7 nitrogen and oxygen atoms in total. The molecule has 2 saturated heterocycles. The molecule has 0 saturated carbocycles. The van der Waals surface area contributed by atoms with Crippen molar-refractivity contribution in [2.45, 2.75) is 211 Å². The van der Waals surface area contributed by atoms with Crippen LogP contribution in [-0.4, -0.2) is 64.7 Å². The monoisotopic (exact) mass is 620 g/mol. The lowest BCUT2D eigenvalue weighted by Gasteiger charge is -2.22. The van der Waals surface area contributed by atoms with Crippen molar-refractivity contribution in [3.63, 3.8) is 0 Å². The highest BCUT2D eigenvalue weighted by Crippen LogP contribution is 2.30. The van der Waals surface area contributed by atoms with Gasteiger partial charge in [-0.1, -0.05) is 96.8 Å². The second-order valence-corrected chi connectivity index (χ2v) is 13.9. The van der Waals surface area contributed by atoms with E-state index in [0.717, 1.165) is 57.8 Å². The highest BCUT2D eigenvalue weighted by atomic mass is 16.5. The number of hydrogen-bond donors (Lipinski definition) is 2. The topological polar surface area (TPSA) is 102 Å². The van der Waals surface area contributed by atoms with Crippen LogP contribution in [-0.2, 0) is 23.8 Å². The van der Waals surface area contributed by atoms with E-state index in [1.807, 2.05) is 13.0 Å². The van der Waals surface area contributed by atoms with Gasteiger partial charge in [0, 0.05) is 24.8 Å². The second kappa shape index (κ2) is 21.5. The van der Waals surface area contributed by atoms with E-state index in [1.54, 1.807) is 0 Å². The standard InChI is InChI=1S/C37H64O7/c1-3-4-5-6-7-8-9-10-11-12-13-16-19-33(39)35-23-24-36(44-35)34(40)20-17-14-15-18-30(38)27-32-22-21-31(43-32)26-29-25-28(2)42-37(29)41/h25,28,31-36,39-40H,3-24,26-27H2,1-2H3/t28-,31+,32+,33+,34+,35+,36+/m0/s1. The van der Waals surface area contributed by atoms with Crippen molar-refractivity contribution in [3.8, 4) is 0 Å². The predicted octanol–water partition coefficient (Wildman–Crippen LogP) is 8.07. The summed E-state index contributed by atoms with van der Waals surface area (Å²) in [5, 5.41) is 21.3. The van der Waals surface area contributed by atoms with Crippen LogP contribution in [0.3, 0.4) is 0 Å². The number of aliphatic hydroxyl groups is 2. The zero-order valence-corrected chi connectivity index (χ0v) is 28.0. The number of rotatable bonds is 25. The number of ether oxygens (including phenoxy) is 3. The molecule has 254 valence electrons. The highest BCUT2D eigenvalue weighted by molar-refractivity contribution is 5.90. The summed E-state index contributed by atoms with van der Waals surface area (Å²) in [4.78, 5) is 24.3. The summed E-state index contributed by atoms with van der Waals surface area (Å²) in [6.45, 7) is 4.12. The fourth-order valence-electron chi connectivity index (χ4n) is 7.14. The maximum atomic E-state index is 12.5. The minimum absolute atomic E-state index is 0.00808. The normalized spacial score (nSPS) is 26.6. The van der Waals surface area contributed by atoms with Crippen LogP contribution in [0.2, 0.25) is 0 Å². The minimum atomic E-state index is -0.506. The molecule has 0 spiro atoms. The van der Waals surface area contributed by atoms with Gasteiger partial charge in [0.2, 0.25) is 0 Å². The third kappa shape index (κ3) is 14.4. The zero-order chi connectivity index (χ0) is 31.6. The lowest BCUT2D eigenvalue weighted by Crippen LogP contribution is -2.31. The molecule has 0 aromatic heterocycles. The first-order valence-electron chi connectivity index (χ1n) is 18.5. The fourth-order valence-corrected chi connectivity index (χ4v) is 7.14. The summed E-state index contributed by atoms with van der Waals surface area (Å²) in [5.74, 6) is -0.0129. The van der Waals surface area contributed by atoms with E-state index < -0.39 is 12.2 Å². The van der Waals surface area contributed by atoms with E-state index in [4.69, 9.17) is 14.2 Å². The fraction of sp³-hybridized carbons (Fsp3) is 0.892. The third-order valence-electron chi connectivity index (χ3n) is 9.84. The summed E-state index contributed by atoms with van der Waals surface area (Å²) in [5.41, 5.74) is 0.696. The van der Waals surface area contributed by atoms with Crippen molar-refractivity contribution < 1.29 is 34.0 Å². The van der Waals surface area contributed by atoms with Crippen LogP contribution in [0.4, 0.5) is 0 Å². The Bertz CT molecular complexity index is 842. The Morgan fingerprint density at radius 1 is 0.750 bits per heavy atom. The van der Waals surface area contributed by atoms with Crippen LogP contribution in [0.1, 0.15) is 168 Å². The number of unbranched alkanes of at least 4 members (excludes halogenated alkanes) is 13. The van der Waals surface area contributed by atoms with Crippen LogP contribution in [0.25, 0.3) is 0 Å². The molecule has 0 unspecified atom stereocenters. The molecule has 0 aromatic rings. The van der Waals surface area contributed by atoms with Crippen LogP contribution in [0.15, 0.2) is 11.6 Å². The van der Waals surface area contributed by atoms with Crippen molar-refractivity contribution >= 4 is 11.8 Å². The molecule has 0 amide bonds. The molecule has 0 aliphatic carbocycles. The minimum Gasteiger partial charge on any atom is -0.455 e. The van der Waals surface area contributed by atoms with Crippen molar-refractivity contribution in [3.05, 3.63) is 11.6 Å². The molecule has 0 aromatic carbocycles. The van der Waals surface area contributed by atoms with Crippen molar-refractivity contribution in [1.82, 2.24) is 0 Å². The largest absolute Gasteiger partial charge is 0.455 e. The van der Waals surface area contributed by atoms with Crippen LogP contribution < -0.4 is 0 Å².